The van der Waals surface area contributed by atoms with E-state index in [1.807, 2.05) is 0 Å². The van der Waals surface area contributed by atoms with Gasteiger partial charge in [-0.2, -0.15) is 0 Å². The monoisotopic (exact) mass is 256 g/mol. The Kier molecular flexibility index (Phi) is 2.82. The summed E-state index contributed by atoms with van der Waals surface area (Å²) in [5, 5.41) is 0. The van der Waals surface area contributed by atoms with Crippen LogP contribution in [0, 0.1) is 0 Å². The number of rotatable bonds is 0. The van der Waals surface area contributed by atoms with Crippen LogP contribution in [0.5, 0.6) is 0 Å². The van der Waals surface area contributed by atoms with Gasteiger partial charge in [0.1, 0.15) is 0 Å². The van der Waals surface area contributed by atoms with Gasteiger partial charge in [0.15, 0.2) is 0 Å². The Hall–Kier alpha value is 1.74. The Bertz CT molecular complexity index is 110. The fraction of sp³-hybridized carbons (Fsp3) is 1.00. The van der Waals surface area contributed by atoms with Gasteiger partial charge in [-0.15, -0.1) is 0 Å². The molecule has 0 saturated carbocycles. The van der Waals surface area contributed by atoms with Crippen LogP contribution in [0.25, 0.3) is 0 Å². The average molecular weight is 258 g/mol. The molecule has 58 valence electrons. The second-order valence-corrected chi connectivity index (χ2v) is 10.5. The standard InChI is InChI=1S/CCl5F2P/c2-1(3,4)9(5,6,7)8. The summed E-state index contributed by atoms with van der Waals surface area (Å²) in [6.45, 7) is 0. The van der Waals surface area contributed by atoms with Crippen LogP contribution in [0.15, 0.2) is 0 Å². The zero-order chi connectivity index (χ0) is 7.95. The molecule has 0 radical (unpaired) electrons. The van der Waals surface area contributed by atoms with Crippen molar-refractivity contribution in [2.45, 2.75) is 3.53 Å². The molecule has 0 heterocycles. The van der Waals surface area contributed by atoms with E-state index in [0.717, 1.165) is 0 Å². The van der Waals surface area contributed by atoms with Gasteiger partial charge in [-0.1, -0.05) is 0 Å². The van der Waals surface area contributed by atoms with Crippen LogP contribution in [0.2, 0.25) is 0 Å². The van der Waals surface area contributed by atoms with E-state index in [0.29, 0.717) is 0 Å². The van der Waals surface area contributed by atoms with Gasteiger partial charge in [-0.05, 0) is 0 Å². The number of halogens is 7. The average Bonchev–Trinajstić information content (AvgIpc) is 1.20. The molecular weight excluding hydrogens is 258 g/mol. The van der Waals surface area contributed by atoms with Crippen molar-refractivity contribution in [1.82, 2.24) is 0 Å². The van der Waals surface area contributed by atoms with E-state index in [2.05, 4.69) is 22.5 Å². The second kappa shape index (κ2) is 2.36. The van der Waals surface area contributed by atoms with Gasteiger partial charge in [-0.3, -0.25) is 0 Å². The number of alkyl halides is 3. The molecule has 0 fully saturated rings. The second-order valence-electron chi connectivity index (χ2n) is 1.19. The topological polar surface area (TPSA) is 0 Å². The van der Waals surface area contributed by atoms with Crippen molar-refractivity contribution < 1.29 is 8.39 Å². The van der Waals surface area contributed by atoms with E-state index in [-0.39, 0.29) is 0 Å². The molecular formula is CCl5F2P. The molecule has 0 aliphatic heterocycles. The van der Waals surface area contributed by atoms with Gasteiger partial charge in [-0.25, -0.2) is 0 Å². The van der Waals surface area contributed by atoms with Crippen molar-refractivity contribution in [3.63, 3.8) is 0 Å². The van der Waals surface area contributed by atoms with Crippen LogP contribution in [0.1, 0.15) is 0 Å². The Morgan fingerprint density at radius 3 is 1.11 bits per heavy atom. The summed E-state index contributed by atoms with van der Waals surface area (Å²) in [5.74, 6) is -6.07. The van der Waals surface area contributed by atoms with Gasteiger partial charge >= 0.3 is 75.1 Å². The van der Waals surface area contributed by atoms with Crippen LogP contribution in [0.3, 0.4) is 0 Å². The maximum atomic E-state index is 12.2. The molecule has 0 aromatic carbocycles. The quantitative estimate of drug-likeness (QED) is 0.426. The van der Waals surface area contributed by atoms with Crippen LogP contribution >= 0.6 is 63.2 Å². The third kappa shape index (κ3) is 3.09. The molecule has 0 unspecified atom stereocenters. The summed E-state index contributed by atoms with van der Waals surface area (Å²) in [6, 6.07) is 0. The van der Waals surface area contributed by atoms with Crippen LogP contribution in [0.4, 0.5) is 8.39 Å². The normalized spacial score (nSPS) is 18.8. The van der Waals surface area contributed by atoms with Crippen LogP contribution in [-0.2, 0) is 0 Å². The van der Waals surface area contributed by atoms with Crippen molar-refractivity contribution in [2.75, 3.05) is 0 Å². The minimum absolute atomic E-state index is 2.88. The van der Waals surface area contributed by atoms with E-state index in [1.165, 1.54) is 0 Å². The summed E-state index contributed by atoms with van der Waals surface area (Å²) in [5.41, 5.74) is 0. The Labute approximate surface area is 75.1 Å². The predicted octanol–water partition coefficient (Wildman–Crippen LogP) is 4.94. The Morgan fingerprint density at radius 1 is 1.00 bits per heavy atom. The molecule has 0 atom stereocenters. The molecule has 8 heteroatoms. The zero-order valence-corrected chi connectivity index (χ0v) is 8.27. The van der Waals surface area contributed by atoms with Crippen molar-refractivity contribution in [3.8, 4) is 0 Å². The summed E-state index contributed by atoms with van der Waals surface area (Å²) in [4.78, 5) is 0. The SMILES string of the molecule is FP(F)(Cl)(Cl)C(Cl)(Cl)Cl. The predicted molar refractivity (Wildman–Crippen MR) is 41.1 cm³/mol. The van der Waals surface area contributed by atoms with Gasteiger partial charge < -0.3 is 0 Å². The fourth-order valence-corrected chi connectivity index (χ4v) is 0. The summed E-state index contributed by atoms with van der Waals surface area (Å²) < 4.78 is 21.5. The first-order valence-corrected chi connectivity index (χ1v) is 6.43. The van der Waals surface area contributed by atoms with Crippen molar-refractivity contribution in [3.05, 3.63) is 0 Å². The number of hydrogen-bond acceptors (Lipinski definition) is 0. The molecule has 0 amide bonds. The first kappa shape index (κ1) is 10.7. The molecule has 0 aliphatic rings. The van der Waals surface area contributed by atoms with E-state index in [4.69, 9.17) is 34.8 Å². The van der Waals surface area contributed by atoms with Crippen molar-refractivity contribution in [1.29, 1.82) is 0 Å². The Morgan fingerprint density at radius 2 is 1.11 bits per heavy atom. The van der Waals surface area contributed by atoms with Gasteiger partial charge in [0, 0.05) is 0 Å². The van der Waals surface area contributed by atoms with Crippen LogP contribution < -0.4 is 0 Å². The van der Waals surface area contributed by atoms with E-state index >= 15 is 0 Å². The summed E-state index contributed by atoms with van der Waals surface area (Å²) in [6.07, 6.45) is 0. The summed E-state index contributed by atoms with van der Waals surface area (Å²) in [7, 11) is 0. The first-order chi connectivity index (χ1) is 3.51. The molecule has 0 spiro atoms. The van der Waals surface area contributed by atoms with Gasteiger partial charge in [0.2, 0.25) is 0 Å². The van der Waals surface area contributed by atoms with Gasteiger partial charge in [0.05, 0.1) is 0 Å². The van der Waals surface area contributed by atoms with Crippen LogP contribution in [-0.4, -0.2) is 3.53 Å². The van der Waals surface area contributed by atoms with E-state index in [1.54, 1.807) is 0 Å². The number of hydrogen-bond donors (Lipinski definition) is 0. The minimum atomic E-state index is -6.07. The molecule has 0 aromatic heterocycles. The fourth-order valence-electron chi connectivity index (χ4n) is 0. The molecule has 0 aromatic rings. The third-order valence-electron chi connectivity index (χ3n) is 0.383. The van der Waals surface area contributed by atoms with E-state index in [9.17, 15) is 8.39 Å². The first-order valence-electron chi connectivity index (χ1n) is 1.47. The molecule has 0 bridgehead atoms. The molecule has 9 heavy (non-hydrogen) atoms. The summed E-state index contributed by atoms with van der Waals surface area (Å²) >= 11 is 23.0. The molecule has 0 N–H and O–H groups in total. The Balaban J connectivity index is 4.56. The maximum absolute atomic E-state index is 12.2. The van der Waals surface area contributed by atoms with E-state index < -0.39 is 9.46 Å². The molecule has 0 rings (SSSR count). The van der Waals surface area contributed by atoms with Crippen molar-refractivity contribution in [2.24, 2.45) is 0 Å². The zero-order valence-electron chi connectivity index (χ0n) is 3.59. The molecule has 0 nitrogen and oxygen atoms in total. The van der Waals surface area contributed by atoms with Gasteiger partial charge in [0.25, 0.3) is 0 Å². The molecule has 0 aliphatic carbocycles. The molecule has 0 saturated heterocycles. The van der Waals surface area contributed by atoms with Crippen molar-refractivity contribution >= 4 is 63.2 Å². The third-order valence-corrected chi connectivity index (χ3v) is 6.90.